The summed E-state index contributed by atoms with van der Waals surface area (Å²) in [6, 6.07) is 51.6. The number of hydrogen-bond donors (Lipinski definition) is 0. The number of para-hydroxylation sites is 1. The molecule has 0 saturated heterocycles. The van der Waals surface area contributed by atoms with Gasteiger partial charge in [-0.3, -0.25) is 0 Å². The highest BCUT2D eigenvalue weighted by Gasteiger charge is 2.47. The zero-order valence-corrected chi connectivity index (χ0v) is 23.8. The summed E-state index contributed by atoms with van der Waals surface area (Å²) in [4.78, 5) is 0. The van der Waals surface area contributed by atoms with E-state index in [2.05, 4.69) is 139 Å². The van der Waals surface area contributed by atoms with Crippen LogP contribution >= 0.6 is 0 Å². The van der Waals surface area contributed by atoms with E-state index in [0.29, 0.717) is 0 Å². The maximum atomic E-state index is 6.28. The molecule has 0 unspecified atom stereocenters. The molecule has 0 aliphatic carbocycles. The standard InChI is InChI=1S/C37H29NO2Si/c1-28-35(33-24-14-26-39-33)38(29-16-6-2-7-17-29)36(34-25-15-27-40-34)37(28)41(30-18-8-3-9-19-30,31-20-10-4-11-21-31)32-22-12-5-13-23-32/h2-27H,1H3. The highest BCUT2D eigenvalue weighted by molar-refractivity contribution is 7.20. The second-order valence-electron chi connectivity index (χ2n) is 10.2. The number of rotatable bonds is 7. The first-order valence-electron chi connectivity index (χ1n) is 13.9. The van der Waals surface area contributed by atoms with Crippen molar-refractivity contribution in [2.75, 3.05) is 0 Å². The zero-order valence-electron chi connectivity index (χ0n) is 22.8. The maximum absolute atomic E-state index is 6.28. The lowest BCUT2D eigenvalue weighted by Gasteiger charge is -2.35. The molecule has 3 nitrogen and oxygen atoms in total. The summed E-state index contributed by atoms with van der Waals surface area (Å²) in [6.07, 6.45) is 3.51. The van der Waals surface area contributed by atoms with Gasteiger partial charge >= 0.3 is 0 Å². The van der Waals surface area contributed by atoms with E-state index in [9.17, 15) is 0 Å². The van der Waals surface area contributed by atoms with E-state index in [1.807, 2.05) is 18.2 Å². The smallest absolute Gasteiger partial charge is 0.182 e. The van der Waals surface area contributed by atoms with Crippen molar-refractivity contribution in [3.8, 4) is 28.6 Å². The molecule has 0 N–H and O–H groups in total. The van der Waals surface area contributed by atoms with Crippen LogP contribution in [0.15, 0.2) is 167 Å². The summed E-state index contributed by atoms with van der Waals surface area (Å²) in [6.45, 7) is 2.25. The van der Waals surface area contributed by atoms with Crippen LogP contribution in [0.2, 0.25) is 0 Å². The molecule has 41 heavy (non-hydrogen) atoms. The molecule has 7 aromatic rings. The van der Waals surface area contributed by atoms with Gasteiger partial charge in [0.15, 0.2) is 19.6 Å². The first-order chi connectivity index (χ1) is 20.3. The molecular weight excluding hydrogens is 518 g/mol. The van der Waals surface area contributed by atoms with Crippen LogP contribution in [0.25, 0.3) is 28.6 Å². The van der Waals surface area contributed by atoms with Crippen LogP contribution in [-0.4, -0.2) is 12.6 Å². The molecule has 198 valence electrons. The molecule has 0 saturated carbocycles. The Morgan fingerprint density at radius 1 is 0.463 bits per heavy atom. The molecule has 0 bridgehead atoms. The van der Waals surface area contributed by atoms with Gasteiger partial charge < -0.3 is 13.4 Å². The topological polar surface area (TPSA) is 31.2 Å². The Morgan fingerprint density at radius 2 is 0.878 bits per heavy atom. The van der Waals surface area contributed by atoms with Gasteiger partial charge in [0.05, 0.1) is 23.9 Å². The van der Waals surface area contributed by atoms with E-state index in [-0.39, 0.29) is 0 Å². The van der Waals surface area contributed by atoms with E-state index in [1.54, 1.807) is 12.5 Å². The van der Waals surface area contributed by atoms with E-state index >= 15 is 0 Å². The number of aromatic nitrogens is 1. The van der Waals surface area contributed by atoms with Crippen molar-refractivity contribution in [1.82, 2.24) is 4.57 Å². The molecule has 0 amide bonds. The molecule has 3 heterocycles. The molecule has 0 atom stereocenters. The highest BCUT2D eigenvalue weighted by atomic mass is 28.3. The van der Waals surface area contributed by atoms with Gasteiger partial charge in [-0.2, -0.15) is 0 Å². The molecule has 0 aliphatic rings. The quantitative estimate of drug-likeness (QED) is 0.165. The second kappa shape index (κ2) is 10.5. The first kappa shape index (κ1) is 24.9. The van der Waals surface area contributed by atoms with Crippen LogP contribution in [0.1, 0.15) is 5.56 Å². The monoisotopic (exact) mass is 547 g/mol. The third kappa shape index (κ3) is 4.03. The fourth-order valence-corrected chi connectivity index (χ4v) is 11.5. The fraction of sp³-hybridized carbons (Fsp3) is 0.0270. The van der Waals surface area contributed by atoms with Crippen LogP contribution in [-0.2, 0) is 0 Å². The van der Waals surface area contributed by atoms with Crippen LogP contribution in [0.3, 0.4) is 0 Å². The Hall–Kier alpha value is -5.06. The summed E-state index contributed by atoms with van der Waals surface area (Å²) in [5.41, 5.74) is 4.31. The predicted octanol–water partition coefficient (Wildman–Crippen LogP) is 6.68. The van der Waals surface area contributed by atoms with E-state index < -0.39 is 8.07 Å². The van der Waals surface area contributed by atoms with Crippen LogP contribution < -0.4 is 20.7 Å². The molecule has 3 aromatic heterocycles. The Balaban J connectivity index is 1.74. The molecule has 4 aromatic carbocycles. The fourth-order valence-electron chi connectivity index (χ4n) is 6.33. The van der Waals surface area contributed by atoms with E-state index in [1.165, 1.54) is 26.3 Å². The summed E-state index contributed by atoms with van der Waals surface area (Å²) in [7, 11) is -2.92. The average Bonchev–Trinajstić information content (AvgIpc) is 3.82. The van der Waals surface area contributed by atoms with Crippen molar-refractivity contribution < 1.29 is 8.83 Å². The molecule has 4 heteroatoms. The van der Waals surface area contributed by atoms with Crippen molar-refractivity contribution in [1.29, 1.82) is 0 Å². The predicted molar refractivity (Wildman–Crippen MR) is 170 cm³/mol. The summed E-state index contributed by atoms with van der Waals surface area (Å²) < 4.78 is 14.8. The minimum absolute atomic E-state index is 0.822. The van der Waals surface area contributed by atoms with E-state index in [0.717, 1.165) is 28.6 Å². The molecular formula is C37H29NO2Si. The van der Waals surface area contributed by atoms with Gasteiger partial charge in [-0.1, -0.05) is 109 Å². The van der Waals surface area contributed by atoms with Crippen LogP contribution in [0.5, 0.6) is 0 Å². The van der Waals surface area contributed by atoms with Gasteiger partial charge in [0, 0.05) is 5.69 Å². The number of benzene rings is 4. The minimum Gasteiger partial charge on any atom is -0.463 e. The van der Waals surface area contributed by atoms with Crippen molar-refractivity contribution in [3.63, 3.8) is 0 Å². The van der Waals surface area contributed by atoms with Gasteiger partial charge in [-0.25, -0.2) is 0 Å². The Kier molecular flexibility index (Phi) is 6.38. The van der Waals surface area contributed by atoms with Gasteiger partial charge in [0.25, 0.3) is 0 Å². The van der Waals surface area contributed by atoms with Crippen molar-refractivity contribution >= 4 is 28.8 Å². The van der Waals surface area contributed by atoms with Crippen LogP contribution in [0, 0.1) is 6.92 Å². The molecule has 7 rings (SSSR count). The first-order valence-corrected chi connectivity index (χ1v) is 15.9. The highest BCUT2D eigenvalue weighted by Crippen LogP contribution is 2.36. The molecule has 0 fully saturated rings. The molecule has 0 radical (unpaired) electrons. The van der Waals surface area contributed by atoms with Gasteiger partial charge in [-0.05, 0) is 69.6 Å². The number of furan rings is 2. The zero-order chi connectivity index (χ0) is 27.6. The van der Waals surface area contributed by atoms with Crippen LogP contribution in [0.4, 0.5) is 0 Å². The Bertz CT molecular complexity index is 1760. The SMILES string of the molecule is Cc1c([Si](c2ccccc2)(c2ccccc2)c2ccccc2)c(-c2ccco2)n(-c2ccccc2)c1-c1ccco1. The van der Waals surface area contributed by atoms with Gasteiger partial charge in [-0.15, -0.1) is 0 Å². The molecule has 0 aliphatic heterocycles. The maximum Gasteiger partial charge on any atom is 0.182 e. The second-order valence-corrected chi connectivity index (χ2v) is 13.9. The lowest BCUT2D eigenvalue weighted by atomic mass is 10.2. The van der Waals surface area contributed by atoms with Crippen molar-refractivity contribution in [2.24, 2.45) is 0 Å². The van der Waals surface area contributed by atoms with Crippen molar-refractivity contribution in [2.45, 2.75) is 6.92 Å². The molecule has 0 spiro atoms. The summed E-state index contributed by atoms with van der Waals surface area (Å²) in [5, 5.41) is 5.21. The Morgan fingerprint density at radius 3 is 1.29 bits per heavy atom. The number of nitrogens with zero attached hydrogens (tertiary/aromatic N) is 1. The van der Waals surface area contributed by atoms with Gasteiger partial charge in [0.1, 0.15) is 0 Å². The third-order valence-corrected chi connectivity index (χ3v) is 12.9. The normalized spacial score (nSPS) is 11.5. The average molecular weight is 548 g/mol. The summed E-state index contributed by atoms with van der Waals surface area (Å²) in [5.74, 6) is 1.65. The lowest BCUT2D eigenvalue weighted by Crippen LogP contribution is -2.75. The summed E-state index contributed by atoms with van der Waals surface area (Å²) >= 11 is 0. The van der Waals surface area contributed by atoms with Crippen molar-refractivity contribution in [3.05, 3.63) is 164 Å². The van der Waals surface area contributed by atoms with E-state index in [4.69, 9.17) is 8.83 Å². The Labute approximate surface area is 241 Å². The van der Waals surface area contributed by atoms with Gasteiger partial charge in [0.2, 0.25) is 0 Å². The minimum atomic E-state index is -2.92. The largest absolute Gasteiger partial charge is 0.463 e. The third-order valence-electron chi connectivity index (χ3n) is 7.93. The number of hydrogen-bond acceptors (Lipinski definition) is 2. The lowest BCUT2D eigenvalue weighted by molar-refractivity contribution is 0.574.